The molecule has 5 rings (SSSR count). The Hall–Kier alpha value is -0.870. The number of β-amino-alcohol motifs (C(OH)–C–C–N with tert-alkyl or cyclic N) is 1. The number of hydrogen-bond donors (Lipinski definition) is 2. The first-order chi connectivity index (χ1) is 15.7. The van der Waals surface area contributed by atoms with Crippen molar-refractivity contribution in [3.05, 3.63) is 11.6 Å². The summed E-state index contributed by atoms with van der Waals surface area (Å²) in [7, 11) is 0. The molecule has 1 heterocycles. The quantitative estimate of drug-likeness (QED) is 0.561. The Morgan fingerprint density at radius 2 is 1.91 bits per heavy atom. The third-order valence-electron chi connectivity index (χ3n) is 11.4. The number of hydrogen-bond acceptors (Lipinski definition) is 3. The zero-order valence-corrected chi connectivity index (χ0v) is 21.3. The molecule has 186 valence electrons. The first kappa shape index (κ1) is 23.9. The predicted octanol–water partition coefficient (Wildman–Crippen LogP) is 5.33. The highest BCUT2D eigenvalue weighted by atomic mass is 16.3. The highest BCUT2D eigenvalue weighted by Crippen LogP contribution is 2.67. The van der Waals surface area contributed by atoms with E-state index in [0.29, 0.717) is 29.7 Å². The third-order valence-corrected chi connectivity index (χ3v) is 11.4. The number of rotatable bonds is 4. The molecule has 1 amide bonds. The maximum Gasteiger partial charge on any atom is 0.222 e. The van der Waals surface area contributed by atoms with Gasteiger partial charge in [-0.1, -0.05) is 32.4 Å². The van der Waals surface area contributed by atoms with Gasteiger partial charge < -0.3 is 15.1 Å². The summed E-state index contributed by atoms with van der Waals surface area (Å²) in [6, 6.07) is 0. The molecule has 0 aromatic rings. The van der Waals surface area contributed by atoms with E-state index in [1.54, 1.807) is 5.57 Å². The van der Waals surface area contributed by atoms with Gasteiger partial charge in [0.05, 0.1) is 12.2 Å². The van der Waals surface area contributed by atoms with Gasteiger partial charge in [0.2, 0.25) is 5.91 Å². The highest BCUT2D eigenvalue weighted by Gasteiger charge is 2.59. The van der Waals surface area contributed by atoms with Crippen LogP contribution in [0.15, 0.2) is 11.6 Å². The number of carbonyl (C=O) groups excluding carboxylic acids is 1. The summed E-state index contributed by atoms with van der Waals surface area (Å²) in [6.45, 7) is 8.87. The van der Waals surface area contributed by atoms with Gasteiger partial charge in [0, 0.05) is 19.5 Å². The molecule has 5 aliphatic rings. The number of allylic oxidation sites excluding steroid dienone is 1. The molecule has 4 heteroatoms. The van der Waals surface area contributed by atoms with Gasteiger partial charge in [0.25, 0.3) is 0 Å². The average molecular weight is 458 g/mol. The maximum absolute atomic E-state index is 12.8. The lowest BCUT2D eigenvalue weighted by atomic mass is 9.47. The fraction of sp³-hybridized carbons (Fsp3) is 0.897. The molecule has 1 aliphatic heterocycles. The van der Waals surface area contributed by atoms with Gasteiger partial charge in [0.15, 0.2) is 0 Å². The van der Waals surface area contributed by atoms with Gasteiger partial charge in [0.1, 0.15) is 0 Å². The Morgan fingerprint density at radius 3 is 2.70 bits per heavy atom. The Morgan fingerprint density at radius 1 is 1.09 bits per heavy atom. The molecule has 1 saturated heterocycles. The van der Waals surface area contributed by atoms with Crippen molar-refractivity contribution >= 4 is 5.91 Å². The summed E-state index contributed by atoms with van der Waals surface area (Å²) >= 11 is 0. The molecular weight excluding hydrogens is 410 g/mol. The maximum atomic E-state index is 12.8. The van der Waals surface area contributed by atoms with Crippen molar-refractivity contribution in [1.29, 1.82) is 0 Å². The summed E-state index contributed by atoms with van der Waals surface area (Å²) in [6.07, 6.45) is 15.1. The molecule has 4 aliphatic carbocycles. The van der Waals surface area contributed by atoms with Crippen LogP contribution in [0, 0.1) is 40.4 Å². The predicted molar refractivity (Wildman–Crippen MR) is 131 cm³/mol. The number of carbonyl (C=O) groups is 1. The Balaban J connectivity index is 1.24. The molecule has 0 radical (unpaired) electrons. The van der Waals surface area contributed by atoms with Gasteiger partial charge in [-0.2, -0.15) is 0 Å². The highest BCUT2D eigenvalue weighted by molar-refractivity contribution is 5.76. The van der Waals surface area contributed by atoms with Crippen LogP contribution in [-0.2, 0) is 4.79 Å². The lowest BCUT2D eigenvalue weighted by Crippen LogP contribution is -2.50. The Kier molecular flexibility index (Phi) is 6.48. The molecule has 4 nitrogen and oxygen atoms in total. The average Bonchev–Trinajstić information content (AvgIpc) is 3.15. The van der Waals surface area contributed by atoms with Crippen LogP contribution in [0.2, 0.25) is 0 Å². The topological polar surface area (TPSA) is 60.8 Å². The second kappa shape index (κ2) is 8.97. The van der Waals surface area contributed by atoms with Gasteiger partial charge in [-0.05, 0) is 111 Å². The molecule has 33 heavy (non-hydrogen) atoms. The molecule has 0 bridgehead atoms. The number of aliphatic hydroxyl groups is 2. The second-order valence-electron chi connectivity index (χ2n) is 13.0. The molecule has 9 atom stereocenters. The largest absolute Gasteiger partial charge is 0.393 e. The van der Waals surface area contributed by atoms with Crippen molar-refractivity contribution in [3.63, 3.8) is 0 Å². The summed E-state index contributed by atoms with van der Waals surface area (Å²) in [5.41, 5.74) is 2.30. The SMILES string of the molecule is C[C@H](CCC(=O)N1CCC[C@@H](O)C1)[C@H]1CC[C@H]2[C@@H]3CC=C4C[C@@H](O)CC[C@]4(C)[C@H]3CC[C@]12C. The van der Waals surface area contributed by atoms with Crippen molar-refractivity contribution in [2.75, 3.05) is 13.1 Å². The molecule has 0 spiro atoms. The van der Waals surface area contributed by atoms with E-state index in [0.717, 1.165) is 68.7 Å². The summed E-state index contributed by atoms with van der Waals surface area (Å²) in [4.78, 5) is 14.7. The van der Waals surface area contributed by atoms with Crippen LogP contribution in [-0.4, -0.2) is 46.3 Å². The van der Waals surface area contributed by atoms with Crippen molar-refractivity contribution in [3.8, 4) is 0 Å². The number of amides is 1. The van der Waals surface area contributed by atoms with Crippen LogP contribution >= 0.6 is 0 Å². The van der Waals surface area contributed by atoms with Gasteiger partial charge in [-0.15, -0.1) is 0 Å². The molecule has 0 aromatic heterocycles. The summed E-state index contributed by atoms with van der Waals surface area (Å²) in [5, 5.41) is 20.2. The van der Waals surface area contributed by atoms with Crippen LogP contribution in [0.5, 0.6) is 0 Å². The fourth-order valence-electron chi connectivity index (χ4n) is 9.51. The molecule has 0 aromatic carbocycles. The number of aliphatic hydroxyl groups excluding tert-OH is 2. The zero-order valence-electron chi connectivity index (χ0n) is 21.3. The van der Waals surface area contributed by atoms with E-state index in [2.05, 4.69) is 26.8 Å². The summed E-state index contributed by atoms with van der Waals surface area (Å²) < 4.78 is 0. The van der Waals surface area contributed by atoms with Crippen molar-refractivity contribution < 1.29 is 15.0 Å². The monoisotopic (exact) mass is 457 g/mol. The normalized spacial score (nSPS) is 46.1. The minimum absolute atomic E-state index is 0.123. The van der Waals surface area contributed by atoms with Crippen molar-refractivity contribution in [2.45, 2.75) is 110 Å². The Labute approximate surface area is 201 Å². The van der Waals surface area contributed by atoms with E-state index in [4.69, 9.17) is 0 Å². The van der Waals surface area contributed by atoms with Gasteiger partial charge >= 0.3 is 0 Å². The number of fused-ring (bicyclic) bond motifs is 5. The van der Waals surface area contributed by atoms with Crippen molar-refractivity contribution in [1.82, 2.24) is 4.90 Å². The zero-order chi connectivity index (χ0) is 23.4. The van der Waals surface area contributed by atoms with E-state index in [9.17, 15) is 15.0 Å². The Bertz CT molecular complexity index is 779. The first-order valence-electron chi connectivity index (χ1n) is 14.1. The lowest BCUT2D eigenvalue weighted by molar-refractivity contribution is -0.134. The molecular formula is C29H47NO3. The van der Waals surface area contributed by atoms with E-state index >= 15 is 0 Å². The van der Waals surface area contributed by atoms with Gasteiger partial charge in [-0.25, -0.2) is 0 Å². The standard InChI is InChI=1S/C29H47NO3/c1-19(6-11-27(33)30-16-4-5-22(32)18-30)24-9-10-25-23-8-7-20-17-21(31)12-14-28(20,2)26(23)13-15-29(24,25)3/h7,19,21-26,31-32H,4-6,8-18H2,1-3H3/t19-,21+,22-,23+,24-,25+,26+,28+,29-/m1/s1. The van der Waals surface area contributed by atoms with E-state index in [1.807, 2.05) is 4.90 Å². The van der Waals surface area contributed by atoms with Crippen molar-refractivity contribution in [2.24, 2.45) is 40.4 Å². The van der Waals surface area contributed by atoms with Crippen LogP contribution in [0.4, 0.5) is 0 Å². The minimum Gasteiger partial charge on any atom is -0.393 e. The van der Waals surface area contributed by atoms with Crippen LogP contribution < -0.4 is 0 Å². The van der Waals surface area contributed by atoms with Gasteiger partial charge in [-0.3, -0.25) is 4.79 Å². The minimum atomic E-state index is -0.329. The fourth-order valence-corrected chi connectivity index (χ4v) is 9.51. The smallest absolute Gasteiger partial charge is 0.222 e. The van der Waals surface area contributed by atoms with E-state index in [1.165, 1.54) is 32.1 Å². The third kappa shape index (κ3) is 4.11. The van der Waals surface area contributed by atoms with E-state index in [-0.39, 0.29) is 18.1 Å². The first-order valence-corrected chi connectivity index (χ1v) is 14.1. The molecule has 2 N–H and O–H groups in total. The lowest BCUT2D eigenvalue weighted by Gasteiger charge is -2.58. The number of nitrogens with zero attached hydrogens (tertiary/aromatic N) is 1. The van der Waals surface area contributed by atoms with Crippen LogP contribution in [0.3, 0.4) is 0 Å². The van der Waals surface area contributed by atoms with Crippen LogP contribution in [0.25, 0.3) is 0 Å². The molecule has 0 unspecified atom stereocenters. The van der Waals surface area contributed by atoms with Crippen LogP contribution in [0.1, 0.15) is 97.8 Å². The second-order valence-corrected chi connectivity index (χ2v) is 13.0. The number of piperidine rings is 1. The summed E-state index contributed by atoms with van der Waals surface area (Å²) in [5.74, 6) is 3.99. The molecule has 3 saturated carbocycles. The molecule has 4 fully saturated rings. The van der Waals surface area contributed by atoms with E-state index < -0.39 is 0 Å². The number of likely N-dealkylation sites (tertiary alicyclic amines) is 1.